The number of amides is 1. The van der Waals surface area contributed by atoms with Crippen molar-refractivity contribution in [2.75, 3.05) is 33.8 Å². The molecule has 0 aliphatic carbocycles. The van der Waals surface area contributed by atoms with Crippen LogP contribution in [0.15, 0.2) is 36.4 Å². The zero-order valence-electron chi connectivity index (χ0n) is 12.0. The van der Waals surface area contributed by atoms with Crippen molar-refractivity contribution in [1.82, 2.24) is 5.32 Å². The van der Waals surface area contributed by atoms with Gasteiger partial charge < -0.3 is 15.0 Å². The van der Waals surface area contributed by atoms with Crippen molar-refractivity contribution in [2.45, 2.75) is 6.92 Å². The third-order valence-corrected chi connectivity index (χ3v) is 2.51. The van der Waals surface area contributed by atoms with Crippen LogP contribution < -0.4 is 15.0 Å². The molecule has 1 aromatic carbocycles. The molecule has 0 unspecified atom stereocenters. The Morgan fingerprint density at radius 1 is 1.32 bits per heavy atom. The van der Waals surface area contributed by atoms with Crippen LogP contribution in [-0.4, -0.2) is 39.7 Å². The molecule has 0 saturated carbocycles. The highest BCUT2D eigenvalue weighted by Gasteiger charge is 2.05. The van der Waals surface area contributed by atoms with E-state index in [-0.39, 0.29) is 5.91 Å². The van der Waals surface area contributed by atoms with Crippen molar-refractivity contribution >= 4 is 5.91 Å². The van der Waals surface area contributed by atoms with Crippen molar-refractivity contribution in [1.29, 1.82) is 0 Å². The number of nitrogens with one attached hydrogen (secondary N) is 2. The SMILES string of the molecule is C=C(C)COc1ccc(C(=O)NCC[NH+](C)C)cc1. The molecule has 1 amide bonds. The Morgan fingerprint density at radius 3 is 2.47 bits per heavy atom. The molecule has 2 N–H and O–H groups in total. The summed E-state index contributed by atoms with van der Waals surface area (Å²) in [4.78, 5) is 13.1. The summed E-state index contributed by atoms with van der Waals surface area (Å²) in [6.07, 6.45) is 0. The molecule has 4 nitrogen and oxygen atoms in total. The number of carbonyl (C=O) groups is 1. The molecule has 0 spiro atoms. The van der Waals surface area contributed by atoms with Crippen molar-refractivity contribution in [2.24, 2.45) is 0 Å². The molecule has 0 aliphatic heterocycles. The molecule has 0 heterocycles. The smallest absolute Gasteiger partial charge is 0.251 e. The summed E-state index contributed by atoms with van der Waals surface area (Å²) in [6, 6.07) is 7.14. The van der Waals surface area contributed by atoms with E-state index in [9.17, 15) is 4.79 Å². The second-order valence-corrected chi connectivity index (χ2v) is 4.98. The van der Waals surface area contributed by atoms with E-state index in [1.165, 1.54) is 4.90 Å². The van der Waals surface area contributed by atoms with Gasteiger partial charge in [0, 0.05) is 5.56 Å². The molecule has 0 bridgehead atoms. The lowest BCUT2D eigenvalue weighted by Gasteiger charge is -2.09. The molecule has 0 aromatic heterocycles. The maximum atomic E-state index is 11.8. The number of rotatable bonds is 7. The topological polar surface area (TPSA) is 42.8 Å². The fraction of sp³-hybridized carbons (Fsp3) is 0.400. The van der Waals surface area contributed by atoms with Crippen molar-refractivity contribution in [3.8, 4) is 5.75 Å². The van der Waals surface area contributed by atoms with Gasteiger partial charge in [-0.2, -0.15) is 0 Å². The van der Waals surface area contributed by atoms with E-state index < -0.39 is 0 Å². The van der Waals surface area contributed by atoms with Gasteiger partial charge in [-0.3, -0.25) is 4.79 Å². The fourth-order valence-electron chi connectivity index (χ4n) is 1.44. The van der Waals surface area contributed by atoms with E-state index in [4.69, 9.17) is 4.74 Å². The molecule has 0 fully saturated rings. The highest BCUT2D eigenvalue weighted by atomic mass is 16.5. The molecular formula is C15H23N2O2+. The Kier molecular flexibility index (Phi) is 6.09. The van der Waals surface area contributed by atoms with Crippen LogP contribution in [0.4, 0.5) is 0 Å². The van der Waals surface area contributed by atoms with E-state index in [0.29, 0.717) is 18.7 Å². The maximum absolute atomic E-state index is 11.8. The molecule has 0 radical (unpaired) electrons. The molecule has 104 valence electrons. The summed E-state index contributed by atoms with van der Waals surface area (Å²) in [5.41, 5.74) is 1.62. The second-order valence-electron chi connectivity index (χ2n) is 4.98. The second kappa shape index (κ2) is 7.59. The third kappa shape index (κ3) is 6.06. The number of hydrogen-bond donors (Lipinski definition) is 2. The minimum atomic E-state index is -0.0484. The molecule has 19 heavy (non-hydrogen) atoms. The Labute approximate surface area is 115 Å². The maximum Gasteiger partial charge on any atom is 0.251 e. The number of ether oxygens (including phenoxy) is 1. The van der Waals surface area contributed by atoms with Crippen LogP contribution in [0.5, 0.6) is 5.75 Å². The first-order chi connectivity index (χ1) is 8.99. The third-order valence-electron chi connectivity index (χ3n) is 2.51. The Morgan fingerprint density at radius 2 is 1.95 bits per heavy atom. The molecule has 1 rings (SSSR count). The summed E-state index contributed by atoms with van der Waals surface area (Å²) in [5.74, 6) is 0.699. The molecular weight excluding hydrogens is 240 g/mol. The van der Waals surface area contributed by atoms with Crippen LogP contribution in [0.25, 0.3) is 0 Å². The van der Waals surface area contributed by atoms with Gasteiger partial charge in [-0.15, -0.1) is 0 Å². The van der Waals surface area contributed by atoms with Gasteiger partial charge in [0.05, 0.1) is 27.2 Å². The van der Waals surface area contributed by atoms with Gasteiger partial charge in [0.2, 0.25) is 0 Å². The fourth-order valence-corrected chi connectivity index (χ4v) is 1.44. The normalized spacial score (nSPS) is 10.3. The summed E-state index contributed by atoms with van der Waals surface area (Å²) in [7, 11) is 4.11. The lowest BCUT2D eigenvalue weighted by molar-refractivity contribution is -0.856. The summed E-state index contributed by atoms with van der Waals surface area (Å²) in [5, 5.41) is 2.89. The first kappa shape index (κ1) is 15.2. The quantitative estimate of drug-likeness (QED) is 0.704. The van der Waals surface area contributed by atoms with Gasteiger partial charge in [0.15, 0.2) is 0 Å². The summed E-state index contributed by atoms with van der Waals surface area (Å²) in [6.45, 7) is 7.77. The average Bonchev–Trinajstić information content (AvgIpc) is 2.36. The van der Waals surface area contributed by atoms with Gasteiger partial charge in [-0.05, 0) is 36.8 Å². The molecule has 0 atom stereocenters. The number of benzene rings is 1. The predicted octanol–water partition coefficient (Wildman–Crippen LogP) is 0.516. The van der Waals surface area contributed by atoms with E-state index in [1.54, 1.807) is 24.3 Å². The Balaban J connectivity index is 2.46. The van der Waals surface area contributed by atoms with E-state index >= 15 is 0 Å². The van der Waals surface area contributed by atoms with Gasteiger partial charge in [-0.1, -0.05) is 6.58 Å². The lowest BCUT2D eigenvalue weighted by Crippen LogP contribution is -3.06. The number of quaternary nitrogens is 1. The van der Waals surface area contributed by atoms with E-state index in [1.807, 2.05) is 6.92 Å². The zero-order chi connectivity index (χ0) is 14.3. The molecule has 4 heteroatoms. The predicted molar refractivity (Wildman–Crippen MR) is 76.8 cm³/mol. The van der Waals surface area contributed by atoms with Gasteiger partial charge in [0.1, 0.15) is 12.4 Å². The van der Waals surface area contributed by atoms with Crippen LogP contribution >= 0.6 is 0 Å². The van der Waals surface area contributed by atoms with E-state index in [0.717, 1.165) is 17.9 Å². The summed E-state index contributed by atoms with van der Waals surface area (Å²) < 4.78 is 5.48. The number of hydrogen-bond acceptors (Lipinski definition) is 2. The van der Waals surface area contributed by atoms with Crippen LogP contribution in [0.3, 0.4) is 0 Å². The number of likely N-dealkylation sites (N-methyl/N-ethyl adjacent to an activating group) is 1. The average molecular weight is 263 g/mol. The minimum absolute atomic E-state index is 0.0484. The zero-order valence-corrected chi connectivity index (χ0v) is 12.0. The van der Waals surface area contributed by atoms with Crippen LogP contribution in [0.2, 0.25) is 0 Å². The standard InChI is InChI=1S/C15H22N2O2/c1-12(2)11-19-14-7-5-13(6-8-14)15(18)16-9-10-17(3)4/h5-8H,1,9-11H2,2-4H3,(H,16,18)/p+1. The van der Waals surface area contributed by atoms with Crippen LogP contribution in [0, 0.1) is 0 Å². The first-order valence-corrected chi connectivity index (χ1v) is 6.43. The Bertz CT molecular complexity index is 424. The van der Waals surface area contributed by atoms with Gasteiger partial charge >= 0.3 is 0 Å². The van der Waals surface area contributed by atoms with Crippen molar-refractivity contribution < 1.29 is 14.4 Å². The lowest BCUT2D eigenvalue weighted by atomic mass is 10.2. The highest BCUT2D eigenvalue weighted by molar-refractivity contribution is 5.94. The Hall–Kier alpha value is -1.81. The van der Waals surface area contributed by atoms with Gasteiger partial charge in [0.25, 0.3) is 5.91 Å². The number of carbonyl (C=O) groups excluding carboxylic acids is 1. The van der Waals surface area contributed by atoms with E-state index in [2.05, 4.69) is 26.0 Å². The summed E-state index contributed by atoms with van der Waals surface area (Å²) >= 11 is 0. The highest BCUT2D eigenvalue weighted by Crippen LogP contribution is 2.12. The van der Waals surface area contributed by atoms with Crippen LogP contribution in [0.1, 0.15) is 17.3 Å². The van der Waals surface area contributed by atoms with Crippen molar-refractivity contribution in [3.63, 3.8) is 0 Å². The first-order valence-electron chi connectivity index (χ1n) is 6.43. The monoisotopic (exact) mass is 263 g/mol. The van der Waals surface area contributed by atoms with Crippen LogP contribution in [-0.2, 0) is 0 Å². The largest absolute Gasteiger partial charge is 0.489 e. The molecule has 1 aromatic rings. The van der Waals surface area contributed by atoms with Gasteiger partial charge in [-0.25, -0.2) is 0 Å². The minimum Gasteiger partial charge on any atom is -0.489 e. The molecule has 0 saturated heterocycles. The van der Waals surface area contributed by atoms with Crippen molar-refractivity contribution in [3.05, 3.63) is 42.0 Å². The molecule has 0 aliphatic rings.